The monoisotopic (exact) mass is 280 g/mol. The van der Waals surface area contributed by atoms with Gasteiger partial charge in [-0.2, -0.15) is 5.10 Å². The second kappa shape index (κ2) is 6.08. The van der Waals surface area contributed by atoms with E-state index in [1.807, 2.05) is 23.9 Å². The molecule has 1 N–H and O–H groups in total. The van der Waals surface area contributed by atoms with Crippen molar-refractivity contribution in [2.24, 2.45) is 7.05 Å². The zero-order valence-corrected chi connectivity index (χ0v) is 11.8. The number of hydrogen-bond acceptors (Lipinski definition) is 3. The van der Waals surface area contributed by atoms with E-state index in [0.717, 1.165) is 17.7 Å². The van der Waals surface area contributed by atoms with Crippen molar-refractivity contribution in [3.8, 4) is 5.75 Å². The molecule has 0 spiro atoms. The highest BCUT2D eigenvalue weighted by Gasteiger charge is 2.07. The molecule has 0 saturated carbocycles. The van der Waals surface area contributed by atoms with Crippen LogP contribution in [0.4, 0.5) is 0 Å². The predicted octanol–water partition coefficient (Wildman–Crippen LogP) is 2.75. The largest absolute Gasteiger partial charge is 0.492 e. The highest BCUT2D eigenvalue weighted by atomic mass is 35.5. The Morgan fingerprint density at radius 3 is 2.79 bits per heavy atom. The van der Waals surface area contributed by atoms with Crippen LogP contribution in [-0.4, -0.2) is 21.5 Å². The molecule has 1 heterocycles. The molecular formula is C14H17ClN2O2. The van der Waals surface area contributed by atoms with Crippen LogP contribution in [0.15, 0.2) is 30.5 Å². The zero-order valence-electron chi connectivity index (χ0n) is 11.0. The molecule has 1 atom stereocenters. The first kappa shape index (κ1) is 13.9. The summed E-state index contributed by atoms with van der Waals surface area (Å²) in [7, 11) is 1.90. The third kappa shape index (κ3) is 3.49. The normalized spacial score (nSPS) is 12.4. The van der Waals surface area contributed by atoms with Crippen LogP contribution in [0.25, 0.3) is 0 Å². The van der Waals surface area contributed by atoms with Crippen molar-refractivity contribution in [3.63, 3.8) is 0 Å². The van der Waals surface area contributed by atoms with E-state index in [0.29, 0.717) is 17.4 Å². The number of rotatable bonds is 5. The molecule has 102 valence electrons. The maximum absolute atomic E-state index is 9.46. The van der Waals surface area contributed by atoms with Crippen molar-refractivity contribution in [3.05, 3.63) is 46.7 Å². The number of benzene rings is 1. The lowest BCUT2D eigenvalue weighted by atomic mass is 10.1. The van der Waals surface area contributed by atoms with Gasteiger partial charge < -0.3 is 9.84 Å². The molecule has 0 radical (unpaired) electrons. The molecule has 2 aromatic rings. The van der Waals surface area contributed by atoms with Crippen LogP contribution in [-0.2, 0) is 13.5 Å². The number of halogens is 1. The smallest absolute Gasteiger partial charge is 0.137 e. The molecule has 1 aromatic heterocycles. The minimum Gasteiger partial charge on any atom is -0.492 e. The van der Waals surface area contributed by atoms with Crippen molar-refractivity contribution in [1.82, 2.24) is 9.78 Å². The van der Waals surface area contributed by atoms with Gasteiger partial charge in [-0.15, -0.1) is 0 Å². The van der Waals surface area contributed by atoms with Crippen molar-refractivity contribution in [1.29, 1.82) is 0 Å². The Labute approximate surface area is 117 Å². The Hall–Kier alpha value is -1.52. The van der Waals surface area contributed by atoms with E-state index in [-0.39, 0.29) is 0 Å². The first-order valence-electron chi connectivity index (χ1n) is 6.15. The molecule has 0 aliphatic heterocycles. The van der Waals surface area contributed by atoms with Crippen LogP contribution >= 0.6 is 11.6 Å². The van der Waals surface area contributed by atoms with E-state index in [1.165, 1.54) is 0 Å². The van der Waals surface area contributed by atoms with Crippen molar-refractivity contribution in [2.75, 3.05) is 6.61 Å². The molecule has 0 fully saturated rings. The summed E-state index contributed by atoms with van der Waals surface area (Å²) in [6, 6.07) is 7.29. The van der Waals surface area contributed by atoms with E-state index >= 15 is 0 Å². The van der Waals surface area contributed by atoms with Gasteiger partial charge in [-0.25, -0.2) is 0 Å². The molecule has 1 aromatic carbocycles. The number of nitrogens with zero attached hydrogens (tertiary/aromatic N) is 2. The molecule has 0 bridgehead atoms. The standard InChI is InChI=1S/C14H17ClN2O2/c1-10(18)11-3-4-14(13(15)9-11)19-8-6-12-5-7-16-17(12)2/h3-5,7,9-10,18H,6,8H2,1-2H3. The lowest BCUT2D eigenvalue weighted by Gasteiger charge is -2.11. The van der Waals surface area contributed by atoms with Crippen molar-refractivity contribution in [2.45, 2.75) is 19.4 Å². The maximum Gasteiger partial charge on any atom is 0.137 e. The van der Waals surface area contributed by atoms with Crippen LogP contribution in [0.3, 0.4) is 0 Å². The van der Waals surface area contributed by atoms with E-state index in [9.17, 15) is 5.11 Å². The fraction of sp³-hybridized carbons (Fsp3) is 0.357. The quantitative estimate of drug-likeness (QED) is 0.916. The number of ether oxygens (including phenoxy) is 1. The molecule has 19 heavy (non-hydrogen) atoms. The lowest BCUT2D eigenvalue weighted by molar-refractivity contribution is 0.199. The van der Waals surface area contributed by atoms with Gasteiger partial charge in [-0.05, 0) is 30.7 Å². The average Bonchev–Trinajstić information content (AvgIpc) is 2.77. The molecule has 0 amide bonds. The van der Waals surface area contributed by atoms with Gasteiger partial charge in [0.05, 0.1) is 17.7 Å². The first-order valence-corrected chi connectivity index (χ1v) is 6.53. The van der Waals surface area contributed by atoms with Crippen molar-refractivity contribution >= 4 is 11.6 Å². The van der Waals surface area contributed by atoms with Gasteiger partial charge >= 0.3 is 0 Å². The van der Waals surface area contributed by atoms with Crippen LogP contribution < -0.4 is 4.74 Å². The zero-order chi connectivity index (χ0) is 13.8. The second-order valence-electron chi connectivity index (χ2n) is 4.41. The average molecular weight is 281 g/mol. The van der Waals surface area contributed by atoms with Crippen LogP contribution in [0.1, 0.15) is 24.3 Å². The lowest BCUT2D eigenvalue weighted by Crippen LogP contribution is -2.06. The van der Waals surface area contributed by atoms with E-state index in [4.69, 9.17) is 16.3 Å². The summed E-state index contributed by atoms with van der Waals surface area (Å²) in [6.07, 6.45) is 2.01. The number of aryl methyl sites for hydroxylation is 1. The number of aliphatic hydroxyl groups is 1. The summed E-state index contributed by atoms with van der Waals surface area (Å²) in [5.41, 5.74) is 1.89. The number of aromatic nitrogens is 2. The molecular weight excluding hydrogens is 264 g/mol. The summed E-state index contributed by atoms with van der Waals surface area (Å²) >= 11 is 6.11. The van der Waals surface area contributed by atoms with Crippen LogP contribution in [0.5, 0.6) is 5.75 Å². The fourth-order valence-corrected chi connectivity index (χ4v) is 2.05. The molecule has 1 unspecified atom stereocenters. The Kier molecular flexibility index (Phi) is 4.45. The third-order valence-electron chi connectivity index (χ3n) is 2.98. The van der Waals surface area contributed by atoms with E-state index in [1.54, 1.807) is 25.3 Å². The Morgan fingerprint density at radius 1 is 1.42 bits per heavy atom. The summed E-state index contributed by atoms with van der Waals surface area (Å²) < 4.78 is 7.47. The molecule has 0 aliphatic rings. The summed E-state index contributed by atoms with van der Waals surface area (Å²) in [4.78, 5) is 0. The minimum absolute atomic E-state index is 0.517. The topological polar surface area (TPSA) is 47.3 Å². The molecule has 0 aliphatic carbocycles. The van der Waals surface area contributed by atoms with Gasteiger partial charge in [-0.1, -0.05) is 17.7 Å². The van der Waals surface area contributed by atoms with Crippen molar-refractivity contribution < 1.29 is 9.84 Å². The summed E-state index contributed by atoms with van der Waals surface area (Å²) in [5.74, 6) is 0.633. The van der Waals surface area contributed by atoms with Gasteiger partial charge in [0.25, 0.3) is 0 Å². The Bertz CT molecular complexity index is 552. The van der Waals surface area contributed by atoms with Gasteiger partial charge in [0.1, 0.15) is 5.75 Å². The molecule has 2 rings (SSSR count). The number of hydrogen-bond donors (Lipinski definition) is 1. The fourth-order valence-electron chi connectivity index (χ4n) is 1.81. The van der Waals surface area contributed by atoms with Gasteiger partial charge in [0.15, 0.2) is 0 Å². The molecule has 0 saturated heterocycles. The van der Waals surface area contributed by atoms with Crippen LogP contribution in [0, 0.1) is 0 Å². The number of aliphatic hydroxyl groups excluding tert-OH is 1. The van der Waals surface area contributed by atoms with Gasteiger partial charge in [-0.3, -0.25) is 4.68 Å². The SMILES string of the molecule is CC(O)c1ccc(OCCc2ccnn2C)c(Cl)c1. The van der Waals surface area contributed by atoms with Gasteiger partial charge in [0.2, 0.25) is 0 Å². The summed E-state index contributed by atoms with van der Waals surface area (Å²) in [5, 5.41) is 14.1. The second-order valence-corrected chi connectivity index (χ2v) is 4.82. The van der Waals surface area contributed by atoms with E-state index < -0.39 is 6.10 Å². The highest BCUT2D eigenvalue weighted by Crippen LogP contribution is 2.27. The minimum atomic E-state index is -0.527. The predicted molar refractivity (Wildman–Crippen MR) is 74.5 cm³/mol. The van der Waals surface area contributed by atoms with E-state index in [2.05, 4.69) is 5.10 Å². The Morgan fingerprint density at radius 2 is 2.21 bits per heavy atom. The molecule has 5 heteroatoms. The third-order valence-corrected chi connectivity index (χ3v) is 3.27. The maximum atomic E-state index is 9.46. The van der Waals surface area contributed by atoms with Gasteiger partial charge in [0, 0.05) is 25.4 Å². The Balaban J connectivity index is 1.95. The molecule has 4 nitrogen and oxygen atoms in total. The van der Waals surface area contributed by atoms with Crippen LogP contribution in [0.2, 0.25) is 5.02 Å². The highest BCUT2D eigenvalue weighted by molar-refractivity contribution is 6.32. The summed E-state index contributed by atoms with van der Waals surface area (Å²) in [6.45, 7) is 2.24. The first-order chi connectivity index (χ1) is 9.08.